The Bertz CT molecular complexity index is 688. The number of nitrogens with one attached hydrogen (secondary N) is 1. The van der Waals surface area contributed by atoms with Crippen LogP contribution in [0.25, 0.3) is 0 Å². The van der Waals surface area contributed by atoms with Gasteiger partial charge in [0.1, 0.15) is 5.82 Å². The van der Waals surface area contributed by atoms with Gasteiger partial charge in [-0.1, -0.05) is 24.3 Å². The number of fused-ring (bicyclic) bond motifs is 1. The Kier molecular flexibility index (Phi) is 4.97. The van der Waals surface area contributed by atoms with Gasteiger partial charge in [-0.05, 0) is 37.5 Å². The van der Waals surface area contributed by atoms with Crippen LogP contribution in [0.2, 0.25) is 0 Å². The van der Waals surface area contributed by atoms with Crippen LogP contribution in [0.5, 0.6) is 0 Å². The normalized spacial score (nSPS) is 23.5. The highest BCUT2D eigenvalue weighted by Gasteiger charge is 2.46. The summed E-state index contributed by atoms with van der Waals surface area (Å²) < 4.78 is 12.9. The molecule has 1 aliphatic carbocycles. The molecule has 3 rings (SSSR count). The molecule has 25 heavy (non-hydrogen) atoms. The molecule has 2 aliphatic rings. The number of carbonyl (C=O) groups excluding carboxylic acids is 3. The summed E-state index contributed by atoms with van der Waals surface area (Å²) in [6, 6.07) is 5.65. The molecule has 0 saturated carbocycles. The molecule has 1 fully saturated rings. The van der Waals surface area contributed by atoms with E-state index < -0.39 is 0 Å². The zero-order chi connectivity index (χ0) is 18.0. The summed E-state index contributed by atoms with van der Waals surface area (Å²) in [6.07, 6.45) is 5.13. The smallest absolute Gasteiger partial charge is 0.233 e. The van der Waals surface area contributed by atoms with Crippen molar-refractivity contribution < 1.29 is 18.8 Å². The van der Waals surface area contributed by atoms with Crippen molar-refractivity contribution in [3.8, 4) is 0 Å². The SMILES string of the molecule is CC(NC(=O)CCN1C(=O)C2CC=CCC2C1=O)c1ccc(F)cc1. The fraction of sp³-hybridized carbons (Fsp3) is 0.421. The first-order valence-electron chi connectivity index (χ1n) is 8.52. The number of hydrogen-bond donors (Lipinski definition) is 1. The van der Waals surface area contributed by atoms with Crippen molar-refractivity contribution >= 4 is 17.7 Å². The van der Waals surface area contributed by atoms with Crippen LogP contribution in [0.3, 0.4) is 0 Å². The summed E-state index contributed by atoms with van der Waals surface area (Å²) >= 11 is 0. The van der Waals surface area contributed by atoms with E-state index in [0.29, 0.717) is 12.8 Å². The largest absolute Gasteiger partial charge is 0.350 e. The summed E-state index contributed by atoms with van der Waals surface area (Å²) in [5.74, 6) is -1.44. The number of imide groups is 1. The van der Waals surface area contributed by atoms with E-state index in [9.17, 15) is 18.8 Å². The van der Waals surface area contributed by atoms with Crippen LogP contribution in [-0.2, 0) is 14.4 Å². The molecule has 3 atom stereocenters. The Balaban J connectivity index is 1.53. The van der Waals surface area contributed by atoms with E-state index in [0.717, 1.165) is 5.56 Å². The number of carbonyl (C=O) groups is 3. The predicted octanol–water partition coefficient (Wildman–Crippen LogP) is 2.34. The number of benzene rings is 1. The van der Waals surface area contributed by atoms with Crippen LogP contribution in [-0.4, -0.2) is 29.2 Å². The van der Waals surface area contributed by atoms with Gasteiger partial charge in [0.2, 0.25) is 17.7 Å². The summed E-state index contributed by atoms with van der Waals surface area (Å²) in [5.41, 5.74) is 0.792. The lowest BCUT2D eigenvalue weighted by atomic mass is 9.85. The molecule has 132 valence electrons. The van der Waals surface area contributed by atoms with E-state index in [-0.39, 0.29) is 54.4 Å². The average Bonchev–Trinajstić information content (AvgIpc) is 2.85. The van der Waals surface area contributed by atoms with Gasteiger partial charge < -0.3 is 5.32 Å². The van der Waals surface area contributed by atoms with Gasteiger partial charge in [-0.3, -0.25) is 19.3 Å². The number of amides is 3. The Morgan fingerprint density at radius 2 is 1.72 bits per heavy atom. The van der Waals surface area contributed by atoms with Crippen molar-refractivity contribution in [2.75, 3.05) is 6.54 Å². The molecule has 1 aromatic rings. The Morgan fingerprint density at radius 3 is 2.28 bits per heavy atom. The van der Waals surface area contributed by atoms with Gasteiger partial charge >= 0.3 is 0 Å². The Morgan fingerprint density at radius 1 is 1.16 bits per heavy atom. The third-order valence-corrected chi connectivity index (χ3v) is 4.91. The molecule has 5 nitrogen and oxygen atoms in total. The minimum atomic E-state index is -0.329. The molecule has 3 unspecified atom stereocenters. The predicted molar refractivity (Wildman–Crippen MR) is 89.6 cm³/mol. The van der Waals surface area contributed by atoms with Gasteiger partial charge in [0.25, 0.3) is 0 Å². The maximum absolute atomic E-state index is 12.9. The first-order chi connectivity index (χ1) is 12.0. The number of likely N-dealkylation sites (tertiary alicyclic amines) is 1. The Hall–Kier alpha value is -2.50. The minimum absolute atomic E-state index is 0.0654. The third kappa shape index (κ3) is 3.62. The van der Waals surface area contributed by atoms with Crippen molar-refractivity contribution in [1.29, 1.82) is 0 Å². The van der Waals surface area contributed by atoms with E-state index >= 15 is 0 Å². The molecule has 1 N–H and O–H groups in total. The van der Waals surface area contributed by atoms with E-state index in [1.165, 1.54) is 17.0 Å². The number of allylic oxidation sites excluding steroid dienone is 2. The molecule has 1 heterocycles. The van der Waals surface area contributed by atoms with Crippen molar-refractivity contribution in [1.82, 2.24) is 10.2 Å². The summed E-state index contributed by atoms with van der Waals surface area (Å²) in [6.45, 7) is 1.91. The van der Waals surface area contributed by atoms with E-state index in [2.05, 4.69) is 5.32 Å². The molecule has 1 aliphatic heterocycles. The van der Waals surface area contributed by atoms with Gasteiger partial charge in [0, 0.05) is 13.0 Å². The highest BCUT2D eigenvalue weighted by atomic mass is 19.1. The van der Waals surface area contributed by atoms with Crippen molar-refractivity contribution in [2.45, 2.75) is 32.2 Å². The molecular weight excluding hydrogens is 323 g/mol. The fourth-order valence-corrected chi connectivity index (χ4v) is 3.45. The monoisotopic (exact) mass is 344 g/mol. The van der Waals surface area contributed by atoms with Gasteiger partial charge in [-0.15, -0.1) is 0 Å². The molecule has 0 spiro atoms. The second kappa shape index (κ2) is 7.17. The highest BCUT2D eigenvalue weighted by molar-refractivity contribution is 6.05. The van der Waals surface area contributed by atoms with Crippen molar-refractivity contribution in [3.63, 3.8) is 0 Å². The number of halogens is 1. The summed E-state index contributed by atoms with van der Waals surface area (Å²) in [4.78, 5) is 38.0. The summed E-state index contributed by atoms with van der Waals surface area (Å²) in [7, 11) is 0. The lowest BCUT2D eigenvalue weighted by Crippen LogP contribution is -2.36. The fourth-order valence-electron chi connectivity index (χ4n) is 3.45. The molecule has 0 bridgehead atoms. The molecule has 1 aromatic carbocycles. The second-order valence-electron chi connectivity index (χ2n) is 6.57. The van der Waals surface area contributed by atoms with E-state index in [4.69, 9.17) is 0 Å². The number of rotatable bonds is 5. The maximum atomic E-state index is 12.9. The van der Waals surface area contributed by atoms with Crippen LogP contribution in [0.1, 0.15) is 37.8 Å². The lowest BCUT2D eigenvalue weighted by molar-refractivity contribution is -0.140. The first-order valence-corrected chi connectivity index (χ1v) is 8.52. The summed E-state index contributed by atoms with van der Waals surface area (Å²) in [5, 5.41) is 2.81. The molecule has 0 radical (unpaired) electrons. The van der Waals surface area contributed by atoms with Gasteiger partial charge in [0.15, 0.2) is 0 Å². The second-order valence-corrected chi connectivity index (χ2v) is 6.57. The molecule has 6 heteroatoms. The quantitative estimate of drug-likeness (QED) is 0.659. The van der Waals surface area contributed by atoms with Crippen LogP contribution in [0.4, 0.5) is 4.39 Å². The van der Waals surface area contributed by atoms with Gasteiger partial charge in [-0.25, -0.2) is 4.39 Å². The first kappa shape index (κ1) is 17.3. The van der Waals surface area contributed by atoms with E-state index in [1.807, 2.05) is 12.2 Å². The molecular formula is C19H21FN2O3. The van der Waals surface area contributed by atoms with Gasteiger partial charge in [-0.2, -0.15) is 0 Å². The standard InChI is InChI=1S/C19H21FN2O3/c1-12(13-6-8-14(20)9-7-13)21-17(23)10-11-22-18(24)15-4-2-3-5-16(15)19(22)25/h2-3,6-9,12,15-16H,4-5,10-11H2,1H3,(H,21,23). The zero-order valence-electron chi connectivity index (χ0n) is 14.1. The minimum Gasteiger partial charge on any atom is -0.350 e. The van der Waals surface area contributed by atoms with Crippen molar-refractivity contribution in [2.24, 2.45) is 11.8 Å². The Labute approximate surface area is 145 Å². The van der Waals surface area contributed by atoms with Gasteiger partial charge in [0.05, 0.1) is 17.9 Å². The molecule has 3 amide bonds. The lowest BCUT2D eigenvalue weighted by Gasteiger charge is -2.17. The molecule has 1 saturated heterocycles. The zero-order valence-corrected chi connectivity index (χ0v) is 14.1. The maximum Gasteiger partial charge on any atom is 0.233 e. The van der Waals surface area contributed by atoms with Crippen LogP contribution in [0, 0.1) is 17.7 Å². The topological polar surface area (TPSA) is 66.5 Å². The average molecular weight is 344 g/mol. The van der Waals surface area contributed by atoms with Crippen molar-refractivity contribution in [3.05, 3.63) is 47.8 Å². The third-order valence-electron chi connectivity index (χ3n) is 4.91. The van der Waals surface area contributed by atoms with Crippen LogP contribution in [0.15, 0.2) is 36.4 Å². The van der Waals surface area contributed by atoms with Crippen LogP contribution < -0.4 is 5.32 Å². The molecule has 0 aromatic heterocycles. The number of hydrogen-bond acceptors (Lipinski definition) is 3. The number of nitrogens with zero attached hydrogens (tertiary/aromatic N) is 1. The highest BCUT2D eigenvalue weighted by Crippen LogP contribution is 2.34. The van der Waals surface area contributed by atoms with Crippen LogP contribution >= 0.6 is 0 Å². The van der Waals surface area contributed by atoms with E-state index in [1.54, 1.807) is 19.1 Å².